The molecule has 1 aliphatic heterocycles. The van der Waals surface area contributed by atoms with Gasteiger partial charge in [-0.05, 0) is 73.1 Å². The number of aliphatic hydroxyl groups is 1. The van der Waals surface area contributed by atoms with Crippen LogP contribution in [0.5, 0.6) is 11.5 Å². The Morgan fingerprint density at radius 2 is 1.63 bits per heavy atom. The van der Waals surface area contributed by atoms with Crippen LogP contribution in [0.2, 0.25) is 0 Å². The molecular formula is C37H42N4O5. The summed E-state index contributed by atoms with van der Waals surface area (Å²) in [5, 5.41) is 15.6. The third-order valence-corrected chi connectivity index (χ3v) is 8.28. The normalized spacial score (nSPS) is 16.9. The molecule has 0 radical (unpaired) electrons. The van der Waals surface area contributed by atoms with E-state index in [0.717, 1.165) is 6.54 Å². The van der Waals surface area contributed by atoms with Crippen molar-refractivity contribution >= 4 is 23.3 Å². The Morgan fingerprint density at radius 3 is 2.30 bits per heavy atom. The molecule has 1 aliphatic rings. The quantitative estimate of drug-likeness (QED) is 0.190. The molecule has 240 valence electrons. The first-order valence-corrected chi connectivity index (χ1v) is 15.5. The van der Waals surface area contributed by atoms with Crippen LogP contribution in [-0.2, 0) is 6.54 Å². The number of aliphatic hydroxyl groups excluding tert-OH is 1. The summed E-state index contributed by atoms with van der Waals surface area (Å²) in [4.78, 5) is 30.5. The summed E-state index contributed by atoms with van der Waals surface area (Å²) in [6, 6.07) is 30.1. The highest BCUT2D eigenvalue weighted by Gasteiger charge is 2.33. The Labute approximate surface area is 270 Å². The number of amides is 3. The molecule has 3 amide bonds. The summed E-state index contributed by atoms with van der Waals surface area (Å²) in [6.45, 7) is 5.51. The summed E-state index contributed by atoms with van der Waals surface area (Å²) in [5.41, 5.74) is 4.93. The van der Waals surface area contributed by atoms with E-state index in [1.807, 2.05) is 25.1 Å². The molecule has 0 bridgehead atoms. The van der Waals surface area contributed by atoms with Crippen LogP contribution >= 0.6 is 0 Å². The fourth-order valence-corrected chi connectivity index (χ4v) is 5.60. The SMILES string of the molecule is COc1ccc(NC(=O)Nc2ccc3c(c2)C(=O)N([C@@H](C)CO)C[C@H](C)[C@@H](CN(C)Cc2ccc(-c4ccccc4)cc2)O3)cc1. The number of nitrogens with one attached hydrogen (secondary N) is 2. The zero-order chi connectivity index (χ0) is 32.6. The van der Waals surface area contributed by atoms with Gasteiger partial charge in [0.2, 0.25) is 0 Å². The van der Waals surface area contributed by atoms with Crippen molar-refractivity contribution in [3.63, 3.8) is 0 Å². The molecule has 0 unspecified atom stereocenters. The van der Waals surface area contributed by atoms with Gasteiger partial charge in [-0.3, -0.25) is 9.69 Å². The molecule has 3 N–H and O–H groups in total. The molecule has 3 atom stereocenters. The van der Waals surface area contributed by atoms with Crippen molar-refractivity contribution in [2.45, 2.75) is 32.5 Å². The number of carbonyl (C=O) groups excluding carboxylic acids is 2. The van der Waals surface area contributed by atoms with Gasteiger partial charge in [0, 0.05) is 36.9 Å². The fourth-order valence-electron chi connectivity index (χ4n) is 5.60. The second-order valence-corrected chi connectivity index (χ2v) is 11.9. The molecule has 46 heavy (non-hydrogen) atoms. The summed E-state index contributed by atoms with van der Waals surface area (Å²) in [6.07, 6.45) is -0.231. The van der Waals surface area contributed by atoms with Crippen molar-refractivity contribution in [1.29, 1.82) is 0 Å². The van der Waals surface area contributed by atoms with Gasteiger partial charge in [0.25, 0.3) is 5.91 Å². The maximum absolute atomic E-state index is 13.8. The Hall–Kier alpha value is -4.86. The summed E-state index contributed by atoms with van der Waals surface area (Å²) >= 11 is 0. The lowest BCUT2D eigenvalue weighted by molar-refractivity contribution is 0.0341. The van der Waals surface area contributed by atoms with Gasteiger partial charge in [-0.15, -0.1) is 0 Å². The van der Waals surface area contributed by atoms with E-state index in [9.17, 15) is 14.7 Å². The second-order valence-electron chi connectivity index (χ2n) is 11.9. The average Bonchev–Trinajstić information content (AvgIpc) is 3.07. The van der Waals surface area contributed by atoms with E-state index in [0.29, 0.717) is 41.5 Å². The molecule has 0 fully saturated rings. The number of ether oxygens (including phenoxy) is 2. The average molecular weight is 623 g/mol. The molecular weight excluding hydrogens is 580 g/mol. The van der Waals surface area contributed by atoms with E-state index in [2.05, 4.69) is 65.9 Å². The minimum atomic E-state index is -0.449. The van der Waals surface area contributed by atoms with Gasteiger partial charge >= 0.3 is 6.03 Å². The fraction of sp³-hybridized carbons (Fsp3) is 0.297. The molecule has 5 rings (SSSR count). The van der Waals surface area contributed by atoms with E-state index in [-0.39, 0.29) is 24.5 Å². The first-order chi connectivity index (χ1) is 22.2. The predicted octanol–water partition coefficient (Wildman–Crippen LogP) is 6.36. The number of hydrogen-bond acceptors (Lipinski definition) is 6. The van der Waals surface area contributed by atoms with Gasteiger partial charge < -0.3 is 30.1 Å². The lowest BCUT2D eigenvalue weighted by Gasteiger charge is -2.38. The highest BCUT2D eigenvalue weighted by Crippen LogP contribution is 2.31. The van der Waals surface area contributed by atoms with E-state index in [1.165, 1.54) is 16.7 Å². The number of hydrogen-bond donors (Lipinski definition) is 3. The molecule has 4 aromatic rings. The van der Waals surface area contributed by atoms with Crippen molar-refractivity contribution < 1.29 is 24.2 Å². The Morgan fingerprint density at radius 1 is 0.978 bits per heavy atom. The number of urea groups is 1. The number of anilines is 2. The zero-order valence-corrected chi connectivity index (χ0v) is 26.8. The molecule has 0 saturated carbocycles. The zero-order valence-electron chi connectivity index (χ0n) is 26.8. The van der Waals surface area contributed by atoms with Gasteiger partial charge in [-0.25, -0.2) is 4.79 Å². The van der Waals surface area contributed by atoms with Gasteiger partial charge in [-0.1, -0.05) is 61.5 Å². The summed E-state index contributed by atoms with van der Waals surface area (Å²) in [5.74, 6) is 0.859. The van der Waals surface area contributed by atoms with Crippen molar-refractivity contribution in [3.05, 3.63) is 108 Å². The lowest BCUT2D eigenvalue weighted by Crippen LogP contribution is -2.49. The standard InChI is InChI=1S/C37H42N4O5/c1-25-21-41(26(2)24-42)36(43)33-20-31(39-37(44)38-30-14-17-32(45-4)18-15-30)16-19-34(33)46-35(25)23-40(3)22-27-10-12-29(13-11-27)28-8-6-5-7-9-28/h5-20,25-26,35,42H,21-24H2,1-4H3,(H2,38,39,44)/t25-,26-,35+/m0/s1. The summed E-state index contributed by atoms with van der Waals surface area (Å²) in [7, 11) is 3.64. The van der Waals surface area contributed by atoms with E-state index < -0.39 is 12.1 Å². The highest BCUT2D eigenvalue weighted by molar-refractivity contribution is 6.02. The van der Waals surface area contributed by atoms with Crippen LogP contribution in [0.15, 0.2) is 97.1 Å². The van der Waals surface area contributed by atoms with Crippen LogP contribution in [0.4, 0.5) is 16.2 Å². The van der Waals surface area contributed by atoms with E-state index >= 15 is 0 Å². The van der Waals surface area contributed by atoms with Gasteiger partial charge in [0.1, 0.15) is 17.6 Å². The van der Waals surface area contributed by atoms with Crippen molar-refractivity contribution in [3.8, 4) is 22.6 Å². The van der Waals surface area contributed by atoms with Gasteiger partial charge in [-0.2, -0.15) is 0 Å². The first-order valence-electron chi connectivity index (χ1n) is 15.5. The van der Waals surface area contributed by atoms with Crippen LogP contribution in [0, 0.1) is 5.92 Å². The minimum Gasteiger partial charge on any atom is -0.497 e. The predicted molar refractivity (Wildman–Crippen MR) is 181 cm³/mol. The molecule has 0 spiro atoms. The largest absolute Gasteiger partial charge is 0.497 e. The summed E-state index contributed by atoms with van der Waals surface area (Å²) < 4.78 is 11.7. The number of fused-ring (bicyclic) bond motifs is 1. The van der Waals surface area contributed by atoms with Crippen LogP contribution < -0.4 is 20.1 Å². The van der Waals surface area contributed by atoms with Crippen LogP contribution in [0.1, 0.15) is 29.8 Å². The second kappa shape index (κ2) is 14.9. The Kier molecular flexibility index (Phi) is 10.6. The number of nitrogens with zero attached hydrogens (tertiary/aromatic N) is 2. The van der Waals surface area contributed by atoms with Crippen LogP contribution in [-0.4, -0.2) is 72.8 Å². The van der Waals surface area contributed by atoms with Crippen molar-refractivity contribution in [1.82, 2.24) is 9.80 Å². The van der Waals surface area contributed by atoms with Crippen molar-refractivity contribution in [2.24, 2.45) is 5.92 Å². The van der Waals surface area contributed by atoms with Crippen LogP contribution in [0.25, 0.3) is 11.1 Å². The highest BCUT2D eigenvalue weighted by atomic mass is 16.5. The number of rotatable bonds is 10. The maximum atomic E-state index is 13.8. The first kappa shape index (κ1) is 32.5. The number of carbonyl (C=O) groups is 2. The molecule has 0 aliphatic carbocycles. The van der Waals surface area contributed by atoms with Crippen molar-refractivity contribution in [2.75, 3.05) is 44.5 Å². The van der Waals surface area contributed by atoms with Gasteiger partial charge in [0.05, 0.1) is 25.3 Å². The third-order valence-electron chi connectivity index (χ3n) is 8.28. The minimum absolute atomic E-state index is 0.0120. The number of benzene rings is 4. The number of likely N-dealkylation sites (N-methyl/N-ethyl adjacent to an activating group) is 1. The molecule has 9 heteroatoms. The Balaban J connectivity index is 1.31. The number of methoxy groups -OCH3 is 1. The molecule has 1 heterocycles. The Bertz CT molecular complexity index is 1610. The monoisotopic (exact) mass is 622 g/mol. The molecule has 0 aromatic heterocycles. The molecule has 4 aromatic carbocycles. The van der Waals surface area contributed by atoms with Crippen LogP contribution in [0.3, 0.4) is 0 Å². The third kappa shape index (κ3) is 8.04. The molecule has 9 nitrogen and oxygen atoms in total. The lowest BCUT2D eigenvalue weighted by atomic mass is 9.99. The molecule has 0 saturated heterocycles. The van der Waals surface area contributed by atoms with E-state index in [4.69, 9.17) is 9.47 Å². The topological polar surface area (TPSA) is 103 Å². The maximum Gasteiger partial charge on any atom is 0.323 e. The van der Waals surface area contributed by atoms with E-state index in [1.54, 1.807) is 54.5 Å². The van der Waals surface area contributed by atoms with Gasteiger partial charge in [0.15, 0.2) is 0 Å². The smallest absolute Gasteiger partial charge is 0.323 e.